The molecular formula is C33H43N3O8S. The number of nitrogens with zero attached hydrogens (tertiary/aromatic N) is 2. The van der Waals surface area contributed by atoms with E-state index in [2.05, 4.69) is 5.32 Å². The molecule has 0 radical (unpaired) electrons. The van der Waals surface area contributed by atoms with Crippen molar-refractivity contribution >= 4 is 27.5 Å². The van der Waals surface area contributed by atoms with Crippen molar-refractivity contribution in [3.05, 3.63) is 71.8 Å². The normalized spacial score (nSPS) is 11.7. The predicted molar refractivity (Wildman–Crippen MR) is 173 cm³/mol. The zero-order valence-electron chi connectivity index (χ0n) is 27.0. The number of aryl methyl sites for hydroxylation is 1. The number of anilines is 1. The summed E-state index contributed by atoms with van der Waals surface area (Å²) < 4.78 is 51.5. The Labute approximate surface area is 266 Å². The highest BCUT2D eigenvalue weighted by atomic mass is 32.2. The average molecular weight is 642 g/mol. The Bertz CT molecular complexity index is 1580. The van der Waals surface area contributed by atoms with Crippen LogP contribution in [0.2, 0.25) is 0 Å². The Kier molecular flexibility index (Phi) is 12.5. The van der Waals surface area contributed by atoms with Crippen molar-refractivity contribution in [3.8, 4) is 23.0 Å². The van der Waals surface area contributed by atoms with Crippen LogP contribution in [-0.4, -0.2) is 72.7 Å². The first-order valence-corrected chi connectivity index (χ1v) is 16.1. The van der Waals surface area contributed by atoms with Crippen molar-refractivity contribution < 1.29 is 37.0 Å². The summed E-state index contributed by atoms with van der Waals surface area (Å²) in [6, 6.07) is 15.6. The Morgan fingerprint density at radius 3 is 2.11 bits per heavy atom. The summed E-state index contributed by atoms with van der Waals surface area (Å²) in [6.07, 6.45) is 1.04. The van der Waals surface area contributed by atoms with Gasteiger partial charge in [0.1, 0.15) is 24.1 Å². The number of hydrogen-bond acceptors (Lipinski definition) is 8. The number of ether oxygens (including phenoxy) is 4. The summed E-state index contributed by atoms with van der Waals surface area (Å²) >= 11 is 0. The first kappa shape index (κ1) is 35.0. The van der Waals surface area contributed by atoms with E-state index in [1.54, 1.807) is 12.1 Å². The van der Waals surface area contributed by atoms with Crippen LogP contribution < -0.4 is 28.6 Å². The first-order chi connectivity index (χ1) is 21.6. The van der Waals surface area contributed by atoms with E-state index in [4.69, 9.17) is 18.9 Å². The molecule has 0 unspecified atom stereocenters. The van der Waals surface area contributed by atoms with Crippen LogP contribution in [0, 0.1) is 6.92 Å². The van der Waals surface area contributed by atoms with Crippen molar-refractivity contribution in [1.29, 1.82) is 0 Å². The maximum atomic E-state index is 14.4. The van der Waals surface area contributed by atoms with E-state index >= 15 is 0 Å². The molecule has 3 rings (SSSR count). The summed E-state index contributed by atoms with van der Waals surface area (Å²) in [5.41, 5.74) is 1.85. The van der Waals surface area contributed by atoms with Crippen molar-refractivity contribution in [1.82, 2.24) is 10.2 Å². The lowest BCUT2D eigenvalue weighted by atomic mass is 10.1. The minimum absolute atomic E-state index is 0.0827. The monoisotopic (exact) mass is 641 g/mol. The SMILES string of the molecule is CCCNC(=O)[C@H](CC)N(Cc1ccccc1C)C(=O)CN(c1cc(OC)ccc1OC)S(=O)(=O)c1ccc(OC)c(OC)c1. The smallest absolute Gasteiger partial charge is 0.265 e. The molecule has 0 fully saturated rings. The Balaban J connectivity index is 2.20. The van der Waals surface area contributed by atoms with Gasteiger partial charge in [0, 0.05) is 25.2 Å². The van der Waals surface area contributed by atoms with Gasteiger partial charge < -0.3 is 29.2 Å². The van der Waals surface area contributed by atoms with Gasteiger partial charge in [-0.25, -0.2) is 8.42 Å². The zero-order valence-corrected chi connectivity index (χ0v) is 27.8. The van der Waals surface area contributed by atoms with Crippen LogP contribution >= 0.6 is 0 Å². The number of amides is 2. The Hall–Kier alpha value is -4.45. The van der Waals surface area contributed by atoms with E-state index in [9.17, 15) is 18.0 Å². The topological polar surface area (TPSA) is 124 Å². The first-order valence-electron chi connectivity index (χ1n) is 14.6. The van der Waals surface area contributed by atoms with Gasteiger partial charge in [0.25, 0.3) is 10.0 Å². The summed E-state index contributed by atoms with van der Waals surface area (Å²) in [4.78, 5) is 29.0. The van der Waals surface area contributed by atoms with Gasteiger partial charge in [-0.05, 0) is 55.2 Å². The third-order valence-corrected chi connectivity index (χ3v) is 9.17. The van der Waals surface area contributed by atoms with Crippen LogP contribution in [0.25, 0.3) is 0 Å². The van der Waals surface area contributed by atoms with Gasteiger partial charge in [-0.2, -0.15) is 0 Å². The number of hydrogen-bond donors (Lipinski definition) is 1. The summed E-state index contributed by atoms with van der Waals surface area (Å²) in [5, 5.41) is 2.89. The summed E-state index contributed by atoms with van der Waals surface area (Å²) in [5.74, 6) is 0.201. The second-order valence-corrected chi connectivity index (χ2v) is 12.1. The molecule has 0 saturated carbocycles. The van der Waals surface area contributed by atoms with Crippen LogP contribution in [0.15, 0.2) is 65.6 Å². The molecule has 3 aromatic carbocycles. The molecule has 0 aliphatic rings. The molecule has 1 atom stereocenters. The lowest BCUT2D eigenvalue weighted by Crippen LogP contribution is -2.52. The molecule has 11 nitrogen and oxygen atoms in total. The summed E-state index contributed by atoms with van der Waals surface area (Å²) in [6.45, 7) is 5.59. The van der Waals surface area contributed by atoms with Gasteiger partial charge in [-0.1, -0.05) is 38.1 Å². The fourth-order valence-corrected chi connectivity index (χ4v) is 6.30. The van der Waals surface area contributed by atoms with Gasteiger partial charge in [-0.15, -0.1) is 0 Å². The molecule has 0 saturated heterocycles. The van der Waals surface area contributed by atoms with E-state index in [0.29, 0.717) is 24.5 Å². The Morgan fingerprint density at radius 2 is 1.51 bits per heavy atom. The molecule has 0 aromatic heterocycles. The highest BCUT2D eigenvalue weighted by molar-refractivity contribution is 7.92. The number of nitrogens with one attached hydrogen (secondary N) is 1. The van der Waals surface area contributed by atoms with Gasteiger partial charge >= 0.3 is 0 Å². The molecule has 3 aromatic rings. The molecule has 0 bridgehead atoms. The molecule has 244 valence electrons. The van der Waals surface area contributed by atoms with Gasteiger partial charge in [0.05, 0.1) is 39.0 Å². The van der Waals surface area contributed by atoms with Crippen molar-refractivity contribution in [3.63, 3.8) is 0 Å². The Morgan fingerprint density at radius 1 is 0.844 bits per heavy atom. The minimum atomic E-state index is -4.43. The average Bonchev–Trinajstić information content (AvgIpc) is 3.05. The number of carbonyl (C=O) groups excluding carboxylic acids is 2. The lowest BCUT2D eigenvalue weighted by Gasteiger charge is -2.34. The van der Waals surface area contributed by atoms with Gasteiger partial charge in [0.2, 0.25) is 11.8 Å². The molecule has 0 spiro atoms. The maximum Gasteiger partial charge on any atom is 0.265 e. The maximum absolute atomic E-state index is 14.4. The van der Waals surface area contributed by atoms with Crippen LogP contribution in [0.4, 0.5) is 5.69 Å². The van der Waals surface area contributed by atoms with Crippen LogP contribution in [0.5, 0.6) is 23.0 Å². The van der Waals surface area contributed by atoms with Gasteiger partial charge in [-0.3, -0.25) is 13.9 Å². The fourth-order valence-electron chi connectivity index (χ4n) is 4.87. The number of carbonyl (C=O) groups is 2. The summed E-state index contributed by atoms with van der Waals surface area (Å²) in [7, 11) is 1.28. The molecule has 2 amide bonds. The van der Waals surface area contributed by atoms with Crippen molar-refractivity contribution in [2.24, 2.45) is 0 Å². The van der Waals surface area contributed by atoms with E-state index in [0.717, 1.165) is 21.9 Å². The molecule has 0 heterocycles. The largest absolute Gasteiger partial charge is 0.497 e. The molecule has 1 N–H and O–H groups in total. The number of rotatable bonds is 16. The standard InChI is InChI=1S/C33H43N3O8S/c1-8-18-34-33(38)27(9-2)35(21-24-13-11-10-12-23(24)3)32(37)22-36(28-19-25(41-4)14-16-29(28)42-5)45(39,40)26-15-17-30(43-6)31(20-26)44-7/h10-17,19-20,27H,8-9,18,21-22H2,1-7H3,(H,34,38)/t27-/m0/s1. The van der Waals surface area contributed by atoms with Crippen LogP contribution in [0.3, 0.4) is 0 Å². The van der Waals surface area contributed by atoms with E-state index in [-0.39, 0.29) is 34.5 Å². The van der Waals surface area contributed by atoms with Crippen molar-refractivity contribution in [2.75, 3.05) is 45.8 Å². The third-order valence-electron chi connectivity index (χ3n) is 7.41. The molecule has 45 heavy (non-hydrogen) atoms. The molecular weight excluding hydrogens is 598 g/mol. The number of sulfonamides is 1. The van der Waals surface area contributed by atoms with Crippen LogP contribution in [-0.2, 0) is 26.2 Å². The third kappa shape index (κ3) is 8.18. The molecule has 0 aliphatic heterocycles. The fraction of sp³-hybridized carbons (Fsp3) is 0.394. The van der Waals surface area contributed by atoms with E-state index < -0.39 is 28.5 Å². The van der Waals surface area contributed by atoms with Crippen molar-refractivity contribution in [2.45, 2.75) is 51.1 Å². The highest BCUT2D eigenvalue weighted by Gasteiger charge is 2.35. The zero-order chi connectivity index (χ0) is 33.1. The highest BCUT2D eigenvalue weighted by Crippen LogP contribution is 2.38. The number of methoxy groups -OCH3 is 4. The minimum Gasteiger partial charge on any atom is -0.497 e. The van der Waals surface area contributed by atoms with E-state index in [1.165, 1.54) is 57.6 Å². The predicted octanol–water partition coefficient (Wildman–Crippen LogP) is 4.56. The molecule has 12 heteroatoms. The lowest BCUT2D eigenvalue weighted by molar-refractivity contribution is -0.140. The van der Waals surface area contributed by atoms with E-state index in [1.807, 2.05) is 45.0 Å². The number of benzene rings is 3. The van der Waals surface area contributed by atoms with Gasteiger partial charge in [0.15, 0.2) is 11.5 Å². The van der Waals surface area contributed by atoms with Crippen LogP contribution in [0.1, 0.15) is 37.8 Å². The second-order valence-electron chi connectivity index (χ2n) is 10.2. The molecule has 0 aliphatic carbocycles. The second kappa shape index (κ2) is 16.0. The quantitative estimate of drug-likeness (QED) is 0.242.